The molecule has 1 fully saturated rings. The van der Waals surface area contributed by atoms with Crippen molar-refractivity contribution in [2.24, 2.45) is 0 Å². The van der Waals surface area contributed by atoms with Gasteiger partial charge in [0.2, 0.25) is 0 Å². The second-order valence-corrected chi connectivity index (χ2v) is 6.67. The highest BCUT2D eigenvalue weighted by molar-refractivity contribution is 14.1. The van der Waals surface area contributed by atoms with Crippen LogP contribution in [0.25, 0.3) is 0 Å². The third kappa shape index (κ3) is 4.02. The van der Waals surface area contributed by atoms with E-state index < -0.39 is 0 Å². The van der Waals surface area contributed by atoms with Gasteiger partial charge >= 0.3 is 0 Å². The standard InChI is InChI=1S/C15H20ClIN2O2/c1-3-19-6-4-5-10(19)9-18-15(20)11-7-12(16)13(17)8-14(11)21-2/h7-8,10H,3-6,9H2,1-2H3,(H,18,20). The predicted octanol–water partition coefficient (Wildman–Crippen LogP) is 3.17. The van der Waals surface area contributed by atoms with Crippen LogP contribution in [0.1, 0.15) is 30.1 Å². The summed E-state index contributed by atoms with van der Waals surface area (Å²) in [4.78, 5) is 14.8. The van der Waals surface area contributed by atoms with Gasteiger partial charge in [-0.2, -0.15) is 0 Å². The maximum absolute atomic E-state index is 12.4. The van der Waals surface area contributed by atoms with Crippen LogP contribution in [-0.4, -0.2) is 43.6 Å². The number of likely N-dealkylation sites (N-methyl/N-ethyl adjacent to an activating group) is 1. The first-order chi connectivity index (χ1) is 10.1. The van der Waals surface area contributed by atoms with Crippen LogP contribution in [0.2, 0.25) is 5.02 Å². The van der Waals surface area contributed by atoms with E-state index in [1.165, 1.54) is 6.42 Å². The first-order valence-corrected chi connectivity index (χ1v) is 8.57. The average molecular weight is 423 g/mol. The van der Waals surface area contributed by atoms with Crippen molar-refractivity contribution >= 4 is 40.1 Å². The fourth-order valence-corrected chi connectivity index (χ4v) is 3.33. The number of halogens is 2. The molecule has 1 N–H and O–H groups in total. The van der Waals surface area contributed by atoms with Crippen LogP contribution in [0.3, 0.4) is 0 Å². The molecule has 1 atom stereocenters. The van der Waals surface area contributed by atoms with Gasteiger partial charge in [-0.05, 0) is 60.7 Å². The van der Waals surface area contributed by atoms with Gasteiger partial charge in [-0.1, -0.05) is 18.5 Å². The van der Waals surface area contributed by atoms with E-state index in [-0.39, 0.29) is 5.91 Å². The topological polar surface area (TPSA) is 41.6 Å². The molecule has 0 aromatic heterocycles. The summed E-state index contributed by atoms with van der Waals surface area (Å²) in [6, 6.07) is 3.89. The van der Waals surface area contributed by atoms with Crippen molar-refractivity contribution in [3.63, 3.8) is 0 Å². The van der Waals surface area contributed by atoms with Crippen molar-refractivity contribution in [1.82, 2.24) is 10.2 Å². The lowest BCUT2D eigenvalue weighted by atomic mass is 10.1. The van der Waals surface area contributed by atoms with Gasteiger partial charge in [-0.25, -0.2) is 0 Å². The first kappa shape index (κ1) is 16.8. The summed E-state index contributed by atoms with van der Waals surface area (Å²) in [6.07, 6.45) is 2.34. The van der Waals surface area contributed by atoms with E-state index in [9.17, 15) is 4.79 Å². The summed E-state index contributed by atoms with van der Waals surface area (Å²) in [5.74, 6) is 0.424. The Labute approximate surface area is 144 Å². The number of benzene rings is 1. The minimum atomic E-state index is -0.131. The SMILES string of the molecule is CCN1CCCC1CNC(=O)c1cc(Cl)c(I)cc1OC. The number of amides is 1. The normalized spacial score (nSPS) is 18.8. The van der Waals surface area contributed by atoms with Crippen molar-refractivity contribution in [2.45, 2.75) is 25.8 Å². The number of hydrogen-bond donors (Lipinski definition) is 1. The molecule has 1 heterocycles. The Morgan fingerprint density at radius 2 is 2.33 bits per heavy atom. The highest BCUT2D eigenvalue weighted by atomic mass is 127. The minimum absolute atomic E-state index is 0.131. The lowest BCUT2D eigenvalue weighted by Crippen LogP contribution is -2.40. The molecule has 1 aromatic rings. The minimum Gasteiger partial charge on any atom is -0.496 e. The molecule has 21 heavy (non-hydrogen) atoms. The van der Waals surface area contributed by atoms with Gasteiger partial charge in [-0.15, -0.1) is 0 Å². The third-order valence-corrected chi connectivity index (χ3v) is 5.41. The Morgan fingerprint density at radius 1 is 1.57 bits per heavy atom. The Bertz CT molecular complexity index is 525. The highest BCUT2D eigenvalue weighted by Gasteiger charge is 2.24. The lowest BCUT2D eigenvalue weighted by Gasteiger charge is -2.23. The third-order valence-electron chi connectivity index (χ3n) is 3.89. The average Bonchev–Trinajstić information content (AvgIpc) is 2.94. The molecule has 0 bridgehead atoms. The largest absolute Gasteiger partial charge is 0.496 e. The summed E-state index contributed by atoms with van der Waals surface area (Å²) in [6.45, 7) is 4.97. The number of carbonyl (C=O) groups is 1. The fraction of sp³-hybridized carbons (Fsp3) is 0.533. The Hall–Kier alpha value is -0.530. The smallest absolute Gasteiger partial charge is 0.255 e. The molecule has 0 aliphatic carbocycles. The van der Waals surface area contributed by atoms with Crippen molar-refractivity contribution in [2.75, 3.05) is 26.7 Å². The molecule has 116 valence electrons. The molecule has 0 radical (unpaired) electrons. The van der Waals surface area contributed by atoms with Crippen LogP contribution in [-0.2, 0) is 0 Å². The van der Waals surface area contributed by atoms with Crippen molar-refractivity contribution in [1.29, 1.82) is 0 Å². The lowest BCUT2D eigenvalue weighted by molar-refractivity contribution is 0.0938. The summed E-state index contributed by atoms with van der Waals surface area (Å²) in [5, 5.41) is 3.57. The Kier molecular flexibility index (Phi) is 6.13. The van der Waals surface area contributed by atoms with E-state index in [1.54, 1.807) is 19.2 Å². The number of carbonyl (C=O) groups excluding carboxylic acids is 1. The molecule has 4 nitrogen and oxygen atoms in total. The Balaban J connectivity index is 2.05. The van der Waals surface area contributed by atoms with Crippen LogP contribution >= 0.6 is 34.2 Å². The van der Waals surface area contributed by atoms with Crippen molar-refractivity contribution in [3.05, 3.63) is 26.3 Å². The number of likely N-dealkylation sites (tertiary alicyclic amines) is 1. The number of nitrogens with zero attached hydrogens (tertiary/aromatic N) is 1. The van der Waals surface area contributed by atoms with Crippen LogP contribution in [0.5, 0.6) is 5.75 Å². The maximum atomic E-state index is 12.4. The molecule has 1 saturated heterocycles. The van der Waals surface area contributed by atoms with Gasteiger partial charge in [0, 0.05) is 16.2 Å². The molecule has 0 saturated carbocycles. The predicted molar refractivity (Wildman–Crippen MR) is 93.3 cm³/mol. The summed E-state index contributed by atoms with van der Waals surface area (Å²) in [7, 11) is 1.56. The van der Waals surface area contributed by atoms with Crippen LogP contribution in [0.4, 0.5) is 0 Å². The van der Waals surface area contributed by atoms with Crippen molar-refractivity contribution < 1.29 is 9.53 Å². The van der Waals surface area contributed by atoms with Gasteiger partial charge in [0.1, 0.15) is 5.75 Å². The van der Waals surface area contributed by atoms with Gasteiger partial charge < -0.3 is 10.1 Å². The molecule has 1 unspecified atom stereocenters. The molecular formula is C15H20ClIN2O2. The summed E-state index contributed by atoms with van der Waals surface area (Å²) in [5.41, 5.74) is 0.490. The number of hydrogen-bond acceptors (Lipinski definition) is 3. The highest BCUT2D eigenvalue weighted by Crippen LogP contribution is 2.28. The quantitative estimate of drug-likeness (QED) is 0.741. The van der Waals surface area contributed by atoms with E-state index in [0.29, 0.717) is 28.9 Å². The zero-order chi connectivity index (χ0) is 15.4. The molecule has 0 spiro atoms. The molecular weight excluding hydrogens is 403 g/mol. The second-order valence-electron chi connectivity index (χ2n) is 5.10. The Morgan fingerprint density at radius 3 is 3.00 bits per heavy atom. The van der Waals surface area contributed by atoms with Gasteiger partial charge in [0.25, 0.3) is 5.91 Å². The van der Waals surface area contributed by atoms with E-state index in [1.807, 2.05) is 0 Å². The first-order valence-electron chi connectivity index (χ1n) is 7.12. The van der Waals surface area contributed by atoms with Gasteiger partial charge in [0.05, 0.1) is 17.7 Å². The van der Waals surface area contributed by atoms with Gasteiger partial charge in [-0.3, -0.25) is 9.69 Å². The molecule has 1 amide bonds. The van der Waals surface area contributed by atoms with Crippen LogP contribution in [0, 0.1) is 3.57 Å². The molecule has 6 heteroatoms. The molecule has 1 aliphatic rings. The molecule has 1 aliphatic heterocycles. The zero-order valence-electron chi connectivity index (χ0n) is 12.3. The van der Waals surface area contributed by atoms with E-state index in [4.69, 9.17) is 16.3 Å². The van der Waals surface area contributed by atoms with Crippen molar-refractivity contribution in [3.8, 4) is 5.75 Å². The van der Waals surface area contributed by atoms with E-state index in [2.05, 4.69) is 39.7 Å². The number of rotatable bonds is 5. The van der Waals surface area contributed by atoms with Gasteiger partial charge in [0.15, 0.2) is 0 Å². The number of ether oxygens (including phenoxy) is 1. The number of nitrogens with one attached hydrogen (secondary N) is 1. The van der Waals surface area contributed by atoms with E-state index in [0.717, 1.165) is 23.1 Å². The zero-order valence-corrected chi connectivity index (χ0v) is 15.2. The maximum Gasteiger partial charge on any atom is 0.255 e. The van der Waals surface area contributed by atoms with Crippen LogP contribution < -0.4 is 10.1 Å². The van der Waals surface area contributed by atoms with Crippen LogP contribution in [0.15, 0.2) is 12.1 Å². The molecule has 2 rings (SSSR count). The summed E-state index contributed by atoms with van der Waals surface area (Å²) >= 11 is 8.23. The summed E-state index contributed by atoms with van der Waals surface area (Å²) < 4.78 is 6.15. The monoisotopic (exact) mass is 422 g/mol. The second kappa shape index (κ2) is 7.65. The molecule has 1 aromatic carbocycles. The number of methoxy groups -OCH3 is 1. The fourth-order valence-electron chi connectivity index (χ4n) is 2.72. The van der Waals surface area contributed by atoms with E-state index >= 15 is 0 Å².